The van der Waals surface area contributed by atoms with Crippen LogP contribution in [0.3, 0.4) is 0 Å². The molecule has 0 radical (unpaired) electrons. The van der Waals surface area contributed by atoms with Crippen LogP contribution >= 0.6 is 0 Å². The van der Waals surface area contributed by atoms with E-state index in [1.807, 2.05) is 23.1 Å². The monoisotopic (exact) mass is 485 g/mol. The predicted molar refractivity (Wildman–Crippen MR) is 127 cm³/mol. The Balaban J connectivity index is 1.44. The van der Waals surface area contributed by atoms with Crippen molar-refractivity contribution in [1.29, 1.82) is 0 Å². The number of benzene rings is 1. The van der Waals surface area contributed by atoms with Gasteiger partial charge < -0.3 is 36.4 Å². The third kappa shape index (κ3) is 5.74. The number of carboxylic acids is 1. The van der Waals surface area contributed by atoms with E-state index >= 15 is 0 Å². The lowest BCUT2D eigenvalue weighted by atomic mass is 10.1. The van der Waals surface area contributed by atoms with Gasteiger partial charge in [0, 0.05) is 13.1 Å². The van der Waals surface area contributed by atoms with Crippen molar-refractivity contribution in [3.05, 3.63) is 48.5 Å². The number of ether oxygens (including phenoxy) is 1. The van der Waals surface area contributed by atoms with Crippen LogP contribution < -0.4 is 11.5 Å². The number of hydrogen-bond acceptors (Lipinski definition) is 10. The summed E-state index contributed by atoms with van der Waals surface area (Å²) in [6.45, 7) is 1.35. The molecular formula is C23H31N7O5. The molecule has 188 valence electrons. The van der Waals surface area contributed by atoms with E-state index < -0.39 is 36.6 Å². The van der Waals surface area contributed by atoms with Crippen LogP contribution in [0.1, 0.15) is 24.6 Å². The summed E-state index contributed by atoms with van der Waals surface area (Å²) in [5, 5.41) is 30.7. The van der Waals surface area contributed by atoms with Crippen LogP contribution in [-0.2, 0) is 16.0 Å². The molecule has 1 saturated heterocycles. The maximum absolute atomic E-state index is 11.2. The zero-order valence-electron chi connectivity index (χ0n) is 19.2. The molecule has 7 N–H and O–H groups in total. The number of nitrogens with zero attached hydrogens (tertiary/aromatic N) is 5. The molecule has 1 fully saturated rings. The predicted octanol–water partition coefficient (Wildman–Crippen LogP) is -0.235. The lowest BCUT2D eigenvalue weighted by molar-refractivity contribution is -0.138. The number of carboxylic acid groups (broad SMARTS) is 1. The minimum absolute atomic E-state index is 0.206. The molecule has 0 aliphatic carbocycles. The Bertz CT molecular complexity index is 1130. The van der Waals surface area contributed by atoms with Crippen LogP contribution in [0.15, 0.2) is 43.0 Å². The number of nitrogen functional groups attached to an aromatic ring is 1. The number of fused-ring (bicyclic) bond motifs is 1. The Hall–Kier alpha value is -3.16. The second-order valence-electron chi connectivity index (χ2n) is 8.75. The number of nitrogens with two attached hydrogens (primary N) is 2. The summed E-state index contributed by atoms with van der Waals surface area (Å²) in [5.74, 6) is -0.854. The average Bonchev–Trinajstić information content (AvgIpc) is 3.40. The average molecular weight is 486 g/mol. The van der Waals surface area contributed by atoms with Gasteiger partial charge in [0.2, 0.25) is 0 Å². The first-order chi connectivity index (χ1) is 16.8. The number of aryl methyl sites for hydroxylation is 1. The quantitative estimate of drug-likeness (QED) is 0.241. The first-order valence-electron chi connectivity index (χ1n) is 11.5. The van der Waals surface area contributed by atoms with Gasteiger partial charge >= 0.3 is 5.97 Å². The minimum atomic E-state index is -1.22. The highest BCUT2D eigenvalue weighted by atomic mass is 16.6. The smallest absolute Gasteiger partial charge is 0.320 e. The molecule has 4 rings (SSSR count). The van der Waals surface area contributed by atoms with E-state index in [-0.39, 0.29) is 12.2 Å². The van der Waals surface area contributed by atoms with Crippen LogP contribution in [0.2, 0.25) is 0 Å². The fourth-order valence-corrected chi connectivity index (χ4v) is 4.31. The summed E-state index contributed by atoms with van der Waals surface area (Å²) in [6, 6.07) is 9.07. The normalized spacial score (nSPS) is 23.2. The van der Waals surface area contributed by atoms with Crippen molar-refractivity contribution >= 4 is 23.0 Å². The lowest BCUT2D eigenvalue weighted by Crippen LogP contribution is -2.43. The number of aromatic nitrogens is 4. The zero-order valence-corrected chi connectivity index (χ0v) is 19.2. The third-order valence-corrected chi connectivity index (χ3v) is 6.29. The second kappa shape index (κ2) is 11.1. The highest BCUT2D eigenvalue weighted by Crippen LogP contribution is 2.32. The number of carbonyl (C=O) groups is 1. The number of imidazole rings is 1. The number of aliphatic carboxylic acids is 1. The molecule has 35 heavy (non-hydrogen) atoms. The van der Waals surface area contributed by atoms with Gasteiger partial charge in [0.1, 0.15) is 36.2 Å². The lowest BCUT2D eigenvalue weighted by Gasteiger charge is -2.27. The van der Waals surface area contributed by atoms with E-state index in [9.17, 15) is 15.0 Å². The molecule has 0 spiro atoms. The maximum Gasteiger partial charge on any atom is 0.320 e. The summed E-state index contributed by atoms with van der Waals surface area (Å²) in [4.78, 5) is 25.5. The van der Waals surface area contributed by atoms with Gasteiger partial charge in [-0.15, -0.1) is 0 Å². The van der Waals surface area contributed by atoms with Crippen LogP contribution in [0.25, 0.3) is 11.2 Å². The van der Waals surface area contributed by atoms with E-state index in [4.69, 9.17) is 21.3 Å². The van der Waals surface area contributed by atoms with Crippen molar-refractivity contribution in [2.75, 3.05) is 25.4 Å². The molecule has 12 heteroatoms. The molecule has 0 saturated carbocycles. The topological polar surface area (TPSA) is 186 Å². The number of rotatable bonds is 11. The van der Waals surface area contributed by atoms with Crippen LogP contribution in [0.4, 0.5) is 5.82 Å². The zero-order chi connectivity index (χ0) is 24.9. The first-order valence-corrected chi connectivity index (χ1v) is 11.5. The molecule has 3 aromatic rings. The highest BCUT2D eigenvalue weighted by Gasteiger charge is 2.44. The van der Waals surface area contributed by atoms with E-state index in [2.05, 4.69) is 27.1 Å². The summed E-state index contributed by atoms with van der Waals surface area (Å²) in [7, 11) is 0. The Kier molecular flexibility index (Phi) is 7.88. The highest BCUT2D eigenvalue weighted by molar-refractivity contribution is 5.81. The van der Waals surface area contributed by atoms with Gasteiger partial charge in [-0.05, 0) is 31.4 Å². The number of anilines is 1. The van der Waals surface area contributed by atoms with E-state index in [0.717, 1.165) is 12.8 Å². The molecule has 0 amide bonds. The maximum atomic E-state index is 11.2. The molecule has 12 nitrogen and oxygen atoms in total. The Morgan fingerprint density at radius 3 is 2.66 bits per heavy atom. The third-order valence-electron chi connectivity index (χ3n) is 6.29. The van der Waals surface area contributed by atoms with Crippen molar-refractivity contribution in [2.24, 2.45) is 5.73 Å². The molecule has 3 heterocycles. The van der Waals surface area contributed by atoms with Gasteiger partial charge in [-0.25, -0.2) is 15.0 Å². The molecular weight excluding hydrogens is 454 g/mol. The molecule has 2 aromatic heterocycles. The summed E-state index contributed by atoms with van der Waals surface area (Å²) < 4.78 is 7.59. The summed E-state index contributed by atoms with van der Waals surface area (Å²) >= 11 is 0. The first kappa shape index (κ1) is 24.9. The molecule has 1 aromatic carbocycles. The number of hydrogen-bond donors (Lipinski definition) is 5. The van der Waals surface area contributed by atoms with Gasteiger partial charge in [-0.1, -0.05) is 30.3 Å². The Morgan fingerprint density at radius 1 is 1.14 bits per heavy atom. The van der Waals surface area contributed by atoms with Crippen molar-refractivity contribution in [3.63, 3.8) is 0 Å². The molecule has 1 aliphatic heterocycles. The molecule has 1 aliphatic rings. The van der Waals surface area contributed by atoms with Crippen molar-refractivity contribution in [3.8, 4) is 0 Å². The van der Waals surface area contributed by atoms with Gasteiger partial charge in [0.25, 0.3) is 0 Å². The van der Waals surface area contributed by atoms with E-state index in [1.165, 1.54) is 22.8 Å². The number of aliphatic hydroxyl groups excluding tert-OH is 2. The molecule has 5 atom stereocenters. The standard InChI is InChI=1S/C23H31N7O5/c24-15(23(33)34)8-10-29(9-4-7-14-5-2-1-3-6-14)11-16-18(31)19(32)22(35-16)30-13-28-17-20(25)26-12-27-21(17)30/h1-3,5-6,12-13,15-16,18-19,22,31-32H,4,7-11,24H2,(H,33,34)(H2,25,26,27)/t15-,16+,18+,19+,22+/m0/s1. The largest absolute Gasteiger partial charge is 0.480 e. The minimum Gasteiger partial charge on any atom is -0.480 e. The van der Waals surface area contributed by atoms with Gasteiger partial charge in [-0.2, -0.15) is 0 Å². The molecule has 0 unspecified atom stereocenters. The fraction of sp³-hybridized carbons (Fsp3) is 0.478. The second-order valence-corrected chi connectivity index (χ2v) is 8.75. The Labute approximate surface area is 202 Å². The fourth-order valence-electron chi connectivity index (χ4n) is 4.31. The van der Waals surface area contributed by atoms with Gasteiger partial charge in [-0.3, -0.25) is 9.36 Å². The SMILES string of the molecule is Nc1ncnc2c1ncn2[C@@H]1O[C@H](CN(CCCc2ccccc2)CC[C@H](N)C(=O)O)[C@@H](O)[C@H]1O. The van der Waals surface area contributed by atoms with Gasteiger partial charge in [0.05, 0.1) is 6.33 Å². The van der Waals surface area contributed by atoms with Crippen molar-refractivity contribution in [2.45, 2.75) is 49.8 Å². The van der Waals surface area contributed by atoms with Crippen molar-refractivity contribution < 1.29 is 24.9 Å². The van der Waals surface area contributed by atoms with Gasteiger partial charge in [0.15, 0.2) is 17.7 Å². The number of aliphatic hydroxyl groups is 2. The van der Waals surface area contributed by atoms with Crippen molar-refractivity contribution in [1.82, 2.24) is 24.4 Å². The van der Waals surface area contributed by atoms with Crippen LogP contribution in [0, 0.1) is 0 Å². The molecule has 0 bridgehead atoms. The Morgan fingerprint density at radius 2 is 1.91 bits per heavy atom. The summed E-state index contributed by atoms with van der Waals surface area (Å²) in [6.07, 6.45) is 0.645. The summed E-state index contributed by atoms with van der Waals surface area (Å²) in [5.41, 5.74) is 13.5. The van der Waals surface area contributed by atoms with E-state index in [0.29, 0.717) is 30.8 Å². The van der Waals surface area contributed by atoms with E-state index in [1.54, 1.807) is 0 Å². The van der Waals surface area contributed by atoms with Crippen LogP contribution in [0.5, 0.6) is 0 Å². The van der Waals surface area contributed by atoms with Crippen LogP contribution in [-0.4, -0.2) is 89.7 Å².